The summed E-state index contributed by atoms with van der Waals surface area (Å²) < 4.78 is 37.2. The van der Waals surface area contributed by atoms with E-state index in [-0.39, 0.29) is 0 Å². The minimum atomic E-state index is -4.30. The van der Waals surface area contributed by atoms with E-state index in [4.69, 9.17) is 5.41 Å². The monoisotopic (exact) mass is 266 g/mol. The summed E-state index contributed by atoms with van der Waals surface area (Å²) in [7, 11) is 0. The SMILES string of the molecule is CC(=N)c1ccc(Cc2ccc(C(F)(F)F)cc2)[nH]1. The molecule has 19 heavy (non-hydrogen) atoms. The van der Waals surface area contributed by atoms with E-state index in [1.807, 2.05) is 6.07 Å². The second kappa shape index (κ2) is 4.91. The molecule has 0 atom stereocenters. The van der Waals surface area contributed by atoms with E-state index in [1.165, 1.54) is 12.1 Å². The number of benzene rings is 1. The summed E-state index contributed by atoms with van der Waals surface area (Å²) >= 11 is 0. The van der Waals surface area contributed by atoms with E-state index < -0.39 is 11.7 Å². The molecule has 0 saturated carbocycles. The Labute approximate surface area is 108 Å². The molecule has 1 aromatic carbocycles. The van der Waals surface area contributed by atoms with Gasteiger partial charge in [-0.1, -0.05) is 12.1 Å². The van der Waals surface area contributed by atoms with Crippen molar-refractivity contribution in [1.29, 1.82) is 5.41 Å². The van der Waals surface area contributed by atoms with Crippen molar-refractivity contribution in [2.24, 2.45) is 0 Å². The molecule has 0 radical (unpaired) electrons. The summed E-state index contributed by atoms with van der Waals surface area (Å²) in [6.07, 6.45) is -3.78. The van der Waals surface area contributed by atoms with E-state index in [2.05, 4.69) is 4.98 Å². The maximum atomic E-state index is 12.4. The van der Waals surface area contributed by atoms with Crippen molar-refractivity contribution in [3.8, 4) is 0 Å². The van der Waals surface area contributed by atoms with Crippen molar-refractivity contribution in [2.45, 2.75) is 19.5 Å². The molecule has 0 amide bonds. The fraction of sp³-hybridized carbons (Fsp3) is 0.214. The average molecular weight is 266 g/mol. The Bertz CT molecular complexity index is 579. The number of nitrogens with one attached hydrogen (secondary N) is 2. The van der Waals surface area contributed by atoms with Gasteiger partial charge in [0.25, 0.3) is 0 Å². The van der Waals surface area contributed by atoms with Gasteiger partial charge in [0.1, 0.15) is 0 Å². The summed E-state index contributed by atoms with van der Waals surface area (Å²) in [5.74, 6) is 0. The first kappa shape index (κ1) is 13.4. The highest BCUT2D eigenvalue weighted by Crippen LogP contribution is 2.29. The van der Waals surface area contributed by atoms with Gasteiger partial charge in [-0.3, -0.25) is 0 Å². The second-order valence-electron chi connectivity index (χ2n) is 4.39. The van der Waals surface area contributed by atoms with E-state index in [0.29, 0.717) is 12.1 Å². The molecule has 0 spiro atoms. The van der Waals surface area contributed by atoms with Gasteiger partial charge in [-0.15, -0.1) is 0 Å². The van der Waals surface area contributed by atoms with Crippen LogP contribution in [-0.2, 0) is 12.6 Å². The van der Waals surface area contributed by atoms with Crippen LogP contribution in [0.2, 0.25) is 0 Å². The molecule has 0 saturated heterocycles. The largest absolute Gasteiger partial charge is 0.416 e. The summed E-state index contributed by atoms with van der Waals surface area (Å²) in [6, 6.07) is 8.75. The molecule has 2 aromatic rings. The zero-order valence-corrected chi connectivity index (χ0v) is 10.3. The first-order valence-electron chi connectivity index (χ1n) is 5.76. The van der Waals surface area contributed by atoms with Crippen LogP contribution in [0.5, 0.6) is 0 Å². The normalized spacial score (nSPS) is 11.6. The second-order valence-corrected chi connectivity index (χ2v) is 4.39. The van der Waals surface area contributed by atoms with Crippen LogP contribution in [0, 0.1) is 5.41 Å². The Balaban J connectivity index is 2.13. The number of hydrogen-bond donors (Lipinski definition) is 2. The van der Waals surface area contributed by atoms with Gasteiger partial charge in [-0.25, -0.2) is 0 Å². The van der Waals surface area contributed by atoms with Crippen molar-refractivity contribution >= 4 is 5.71 Å². The third-order valence-corrected chi connectivity index (χ3v) is 2.83. The van der Waals surface area contributed by atoms with Crippen LogP contribution in [0.25, 0.3) is 0 Å². The molecular weight excluding hydrogens is 253 g/mol. The van der Waals surface area contributed by atoms with Gasteiger partial charge < -0.3 is 10.4 Å². The third-order valence-electron chi connectivity index (χ3n) is 2.83. The van der Waals surface area contributed by atoms with Gasteiger partial charge in [-0.05, 0) is 36.8 Å². The number of aromatic nitrogens is 1. The number of halogens is 3. The maximum Gasteiger partial charge on any atom is 0.416 e. The molecule has 2 rings (SSSR count). The van der Waals surface area contributed by atoms with Gasteiger partial charge in [0.05, 0.1) is 17.0 Å². The first-order valence-corrected chi connectivity index (χ1v) is 5.76. The molecule has 0 bridgehead atoms. The summed E-state index contributed by atoms with van der Waals surface area (Å²) in [4.78, 5) is 3.06. The fourth-order valence-electron chi connectivity index (χ4n) is 1.79. The van der Waals surface area contributed by atoms with Crippen LogP contribution >= 0.6 is 0 Å². The summed E-state index contributed by atoms with van der Waals surface area (Å²) in [6.45, 7) is 1.67. The molecule has 0 unspecified atom stereocenters. The fourth-order valence-corrected chi connectivity index (χ4v) is 1.79. The predicted molar refractivity (Wildman–Crippen MR) is 67.5 cm³/mol. The molecule has 0 aliphatic rings. The minimum absolute atomic E-state index is 0.429. The number of alkyl halides is 3. The van der Waals surface area contributed by atoms with Crippen LogP contribution in [0.1, 0.15) is 29.4 Å². The molecule has 1 aromatic heterocycles. The van der Waals surface area contributed by atoms with Gasteiger partial charge >= 0.3 is 6.18 Å². The number of rotatable bonds is 3. The molecule has 1 heterocycles. The quantitative estimate of drug-likeness (QED) is 0.788. The van der Waals surface area contributed by atoms with E-state index in [0.717, 1.165) is 29.1 Å². The Morgan fingerprint density at radius 2 is 1.74 bits per heavy atom. The van der Waals surface area contributed by atoms with Gasteiger partial charge in [-0.2, -0.15) is 13.2 Å². The Kier molecular flexibility index (Phi) is 3.46. The van der Waals surface area contributed by atoms with E-state index in [1.54, 1.807) is 13.0 Å². The van der Waals surface area contributed by atoms with Crippen LogP contribution in [0.3, 0.4) is 0 Å². The lowest BCUT2D eigenvalue weighted by Crippen LogP contribution is -2.04. The highest BCUT2D eigenvalue weighted by Gasteiger charge is 2.29. The predicted octanol–water partition coefficient (Wildman–Crippen LogP) is 4.01. The zero-order valence-electron chi connectivity index (χ0n) is 10.3. The Morgan fingerprint density at radius 1 is 1.11 bits per heavy atom. The standard InChI is InChI=1S/C14H13F3N2/c1-9(18)13-7-6-12(19-13)8-10-2-4-11(5-3-10)14(15,16)17/h2-7,18-19H,8H2,1H3. The minimum Gasteiger partial charge on any atom is -0.357 e. The van der Waals surface area contributed by atoms with Crippen LogP contribution in [0.15, 0.2) is 36.4 Å². The highest BCUT2D eigenvalue weighted by molar-refractivity contribution is 5.94. The van der Waals surface area contributed by atoms with E-state index >= 15 is 0 Å². The van der Waals surface area contributed by atoms with Crippen molar-refractivity contribution in [3.05, 3.63) is 58.9 Å². The van der Waals surface area contributed by atoms with Crippen molar-refractivity contribution < 1.29 is 13.2 Å². The Hall–Kier alpha value is -2.04. The maximum absolute atomic E-state index is 12.4. The smallest absolute Gasteiger partial charge is 0.357 e. The molecule has 0 aliphatic heterocycles. The molecule has 0 fully saturated rings. The zero-order chi connectivity index (χ0) is 14.0. The highest BCUT2D eigenvalue weighted by atomic mass is 19.4. The van der Waals surface area contributed by atoms with Crippen molar-refractivity contribution in [3.63, 3.8) is 0 Å². The van der Waals surface area contributed by atoms with Crippen molar-refractivity contribution in [2.75, 3.05) is 0 Å². The van der Waals surface area contributed by atoms with Gasteiger partial charge in [0.2, 0.25) is 0 Å². The Morgan fingerprint density at radius 3 is 2.21 bits per heavy atom. The van der Waals surface area contributed by atoms with Crippen LogP contribution in [0.4, 0.5) is 13.2 Å². The molecule has 0 aliphatic carbocycles. The van der Waals surface area contributed by atoms with Crippen molar-refractivity contribution in [1.82, 2.24) is 4.98 Å². The third kappa shape index (κ3) is 3.24. The number of aromatic amines is 1. The summed E-state index contributed by atoms with van der Waals surface area (Å²) in [5.41, 5.74) is 2.18. The first-order chi connectivity index (χ1) is 8.86. The summed E-state index contributed by atoms with van der Waals surface area (Å²) in [5, 5.41) is 7.47. The molecule has 2 N–H and O–H groups in total. The lowest BCUT2D eigenvalue weighted by molar-refractivity contribution is -0.137. The molecule has 2 nitrogen and oxygen atoms in total. The lowest BCUT2D eigenvalue weighted by Gasteiger charge is -2.07. The van der Waals surface area contributed by atoms with Gasteiger partial charge in [0, 0.05) is 12.1 Å². The number of H-pyrrole nitrogens is 1. The van der Waals surface area contributed by atoms with E-state index in [9.17, 15) is 13.2 Å². The lowest BCUT2D eigenvalue weighted by atomic mass is 10.1. The van der Waals surface area contributed by atoms with Gasteiger partial charge in [0.15, 0.2) is 0 Å². The van der Waals surface area contributed by atoms with Crippen LogP contribution in [-0.4, -0.2) is 10.7 Å². The topological polar surface area (TPSA) is 39.6 Å². The average Bonchev–Trinajstić information content (AvgIpc) is 2.77. The molecule has 100 valence electrons. The molecular formula is C14H13F3N2. The number of hydrogen-bond acceptors (Lipinski definition) is 1. The molecule has 5 heteroatoms. The van der Waals surface area contributed by atoms with Crippen LogP contribution < -0.4 is 0 Å².